The Balaban J connectivity index is 2.20. The number of aromatic nitrogens is 2. The molecule has 0 fully saturated rings. The minimum Gasteiger partial charge on any atom is -0.369 e. The highest BCUT2D eigenvalue weighted by atomic mass is 32.1. The molecular formula is C16H17N3S. The normalized spacial score (nSPS) is 10.9. The number of thiophene rings is 1. The Hall–Kier alpha value is -1.94. The second kappa shape index (κ2) is 5.59. The zero-order valence-corrected chi connectivity index (χ0v) is 12.5. The fourth-order valence-corrected chi connectivity index (χ4v) is 2.90. The van der Waals surface area contributed by atoms with Crippen molar-refractivity contribution in [2.45, 2.75) is 20.3 Å². The van der Waals surface area contributed by atoms with Crippen molar-refractivity contribution in [3.05, 3.63) is 41.3 Å². The average Bonchev–Trinajstić information content (AvgIpc) is 2.98. The lowest BCUT2D eigenvalue weighted by Gasteiger charge is -2.11. The summed E-state index contributed by atoms with van der Waals surface area (Å²) in [5.74, 6) is 1.75. The molecule has 2 aromatic heterocycles. The van der Waals surface area contributed by atoms with E-state index in [4.69, 9.17) is 9.97 Å². The maximum absolute atomic E-state index is 4.73. The van der Waals surface area contributed by atoms with Crippen LogP contribution in [0.1, 0.15) is 18.9 Å². The van der Waals surface area contributed by atoms with E-state index in [9.17, 15) is 0 Å². The van der Waals surface area contributed by atoms with E-state index in [1.54, 1.807) is 11.3 Å². The number of nitrogens with one attached hydrogen (secondary N) is 1. The predicted molar refractivity (Wildman–Crippen MR) is 86.4 cm³/mol. The van der Waals surface area contributed by atoms with Gasteiger partial charge in [-0.3, -0.25) is 0 Å². The third kappa shape index (κ3) is 2.39. The Kier molecular flexibility index (Phi) is 3.65. The van der Waals surface area contributed by atoms with Gasteiger partial charge in [0.1, 0.15) is 5.82 Å². The van der Waals surface area contributed by atoms with Crippen molar-refractivity contribution >= 4 is 28.1 Å². The molecule has 3 nitrogen and oxygen atoms in total. The Morgan fingerprint density at radius 1 is 1.15 bits per heavy atom. The molecule has 2 heterocycles. The smallest absolute Gasteiger partial charge is 0.172 e. The molecule has 3 aromatic rings. The lowest BCUT2D eigenvalue weighted by Crippen LogP contribution is -2.05. The number of anilines is 1. The minimum atomic E-state index is 0.803. The molecule has 0 atom stereocenters. The second-order valence-electron chi connectivity index (χ2n) is 4.77. The summed E-state index contributed by atoms with van der Waals surface area (Å²) in [6.07, 6.45) is 1.08. The Morgan fingerprint density at radius 3 is 2.80 bits per heavy atom. The molecular weight excluding hydrogens is 266 g/mol. The molecule has 20 heavy (non-hydrogen) atoms. The summed E-state index contributed by atoms with van der Waals surface area (Å²) in [6.45, 7) is 5.18. The van der Waals surface area contributed by atoms with Crippen molar-refractivity contribution < 1.29 is 0 Å². The third-order valence-electron chi connectivity index (χ3n) is 3.22. The van der Waals surface area contributed by atoms with Gasteiger partial charge in [0.2, 0.25) is 0 Å². The van der Waals surface area contributed by atoms with E-state index in [0.717, 1.165) is 40.4 Å². The molecule has 1 N–H and O–H groups in total. The molecule has 4 heteroatoms. The lowest BCUT2D eigenvalue weighted by molar-refractivity contribution is 0.970. The van der Waals surface area contributed by atoms with Crippen molar-refractivity contribution in [2.24, 2.45) is 0 Å². The average molecular weight is 283 g/mol. The van der Waals surface area contributed by atoms with E-state index in [1.807, 2.05) is 12.1 Å². The Bertz CT molecular complexity index is 720. The van der Waals surface area contributed by atoms with Gasteiger partial charge in [-0.25, -0.2) is 9.97 Å². The molecule has 0 unspecified atom stereocenters. The number of hydrogen-bond acceptors (Lipinski definition) is 4. The van der Waals surface area contributed by atoms with Crippen LogP contribution >= 0.6 is 11.3 Å². The van der Waals surface area contributed by atoms with E-state index in [2.05, 4.69) is 42.7 Å². The first-order valence-electron chi connectivity index (χ1n) is 6.84. The van der Waals surface area contributed by atoms with Crippen molar-refractivity contribution in [1.29, 1.82) is 0 Å². The molecule has 0 radical (unpaired) electrons. The van der Waals surface area contributed by atoms with E-state index in [1.165, 1.54) is 5.56 Å². The summed E-state index contributed by atoms with van der Waals surface area (Å²) in [5, 5.41) is 6.61. The summed E-state index contributed by atoms with van der Waals surface area (Å²) in [4.78, 5) is 10.5. The van der Waals surface area contributed by atoms with Crippen molar-refractivity contribution in [1.82, 2.24) is 9.97 Å². The van der Waals surface area contributed by atoms with Crippen LogP contribution in [0, 0.1) is 6.92 Å². The fourth-order valence-electron chi connectivity index (χ4n) is 2.24. The first kappa shape index (κ1) is 13.1. The number of rotatable bonds is 4. The van der Waals surface area contributed by atoms with Gasteiger partial charge < -0.3 is 5.32 Å². The monoisotopic (exact) mass is 283 g/mol. The van der Waals surface area contributed by atoms with Crippen molar-refractivity contribution in [3.63, 3.8) is 0 Å². The van der Waals surface area contributed by atoms with Gasteiger partial charge in [0.05, 0.1) is 10.4 Å². The lowest BCUT2D eigenvalue weighted by atomic mass is 10.1. The highest BCUT2D eigenvalue weighted by Gasteiger charge is 2.11. The van der Waals surface area contributed by atoms with Gasteiger partial charge in [-0.1, -0.05) is 25.1 Å². The maximum atomic E-state index is 4.73. The highest BCUT2D eigenvalue weighted by Crippen LogP contribution is 2.29. The number of benzene rings is 1. The standard InChI is InChI=1S/C16H17N3S/c1-3-9-17-16-14-11(2)6-4-7-12(14)18-15(19-16)13-8-5-10-20-13/h4-8,10H,3,9H2,1-2H3,(H,17,18,19). The Labute approximate surface area is 122 Å². The van der Waals surface area contributed by atoms with Crippen LogP contribution in [0.25, 0.3) is 21.6 Å². The van der Waals surface area contributed by atoms with Gasteiger partial charge in [0.15, 0.2) is 5.82 Å². The van der Waals surface area contributed by atoms with E-state index >= 15 is 0 Å². The zero-order valence-electron chi connectivity index (χ0n) is 11.7. The van der Waals surface area contributed by atoms with Crippen LogP contribution in [-0.4, -0.2) is 16.5 Å². The van der Waals surface area contributed by atoms with Gasteiger partial charge in [0, 0.05) is 11.9 Å². The van der Waals surface area contributed by atoms with Gasteiger partial charge >= 0.3 is 0 Å². The fraction of sp³-hybridized carbons (Fsp3) is 0.250. The van der Waals surface area contributed by atoms with Crippen molar-refractivity contribution in [3.8, 4) is 10.7 Å². The third-order valence-corrected chi connectivity index (χ3v) is 4.08. The minimum absolute atomic E-state index is 0.803. The first-order chi connectivity index (χ1) is 9.79. The molecule has 1 aromatic carbocycles. The SMILES string of the molecule is CCCNc1nc(-c2cccs2)nc2cccc(C)c12. The van der Waals surface area contributed by atoms with Crippen LogP contribution in [-0.2, 0) is 0 Å². The van der Waals surface area contributed by atoms with Crippen LogP contribution in [0.3, 0.4) is 0 Å². The first-order valence-corrected chi connectivity index (χ1v) is 7.72. The summed E-state index contributed by atoms with van der Waals surface area (Å²) in [6, 6.07) is 10.3. The van der Waals surface area contributed by atoms with Crippen LogP contribution in [0.15, 0.2) is 35.7 Å². The van der Waals surface area contributed by atoms with Gasteiger partial charge in [-0.2, -0.15) is 0 Å². The molecule has 0 amide bonds. The molecule has 0 aliphatic heterocycles. The zero-order chi connectivity index (χ0) is 13.9. The summed E-state index contributed by atoms with van der Waals surface area (Å²) < 4.78 is 0. The van der Waals surface area contributed by atoms with E-state index < -0.39 is 0 Å². The molecule has 3 rings (SSSR count). The van der Waals surface area contributed by atoms with E-state index in [0.29, 0.717) is 0 Å². The van der Waals surface area contributed by atoms with Crippen LogP contribution < -0.4 is 5.32 Å². The molecule has 0 spiro atoms. The molecule has 0 aliphatic carbocycles. The highest BCUT2D eigenvalue weighted by molar-refractivity contribution is 7.13. The number of hydrogen-bond donors (Lipinski definition) is 1. The van der Waals surface area contributed by atoms with Crippen LogP contribution in [0.2, 0.25) is 0 Å². The van der Waals surface area contributed by atoms with Crippen molar-refractivity contribution in [2.75, 3.05) is 11.9 Å². The molecule has 0 bridgehead atoms. The van der Waals surface area contributed by atoms with Gasteiger partial charge in [-0.15, -0.1) is 11.3 Å². The number of nitrogens with zero attached hydrogens (tertiary/aromatic N) is 2. The maximum Gasteiger partial charge on any atom is 0.172 e. The number of fused-ring (bicyclic) bond motifs is 1. The topological polar surface area (TPSA) is 37.8 Å². The number of aryl methyl sites for hydroxylation is 1. The van der Waals surface area contributed by atoms with Gasteiger partial charge in [0.25, 0.3) is 0 Å². The van der Waals surface area contributed by atoms with Gasteiger partial charge in [-0.05, 0) is 36.4 Å². The molecule has 102 valence electrons. The molecule has 0 saturated heterocycles. The largest absolute Gasteiger partial charge is 0.369 e. The van der Waals surface area contributed by atoms with Crippen LogP contribution in [0.4, 0.5) is 5.82 Å². The quantitative estimate of drug-likeness (QED) is 0.766. The van der Waals surface area contributed by atoms with Crippen LogP contribution in [0.5, 0.6) is 0 Å². The summed E-state index contributed by atoms with van der Waals surface area (Å²) >= 11 is 1.67. The second-order valence-corrected chi connectivity index (χ2v) is 5.72. The summed E-state index contributed by atoms with van der Waals surface area (Å²) in [5.41, 5.74) is 2.21. The molecule has 0 saturated carbocycles. The predicted octanol–water partition coefficient (Wildman–Crippen LogP) is 4.49. The van der Waals surface area contributed by atoms with E-state index in [-0.39, 0.29) is 0 Å². The molecule has 0 aliphatic rings. The Morgan fingerprint density at radius 2 is 2.05 bits per heavy atom. The summed E-state index contributed by atoms with van der Waals surface area (Å²) in [7, 11) is 0.